The molecule has 84 valence electrons. The highest BCUT2D eigenvalue weighted by atomic mass is 16.5. The summed E-state index contributed by atoms with van der Waals surface area (Å²) in [7, 11) is 0. The van der Waals surface area contributed by atoms with Gasteiger partial charge in [-0.3, -0.25) is 0 Å². The van der Waals surface area contributed by atoms with E-state index in [0.29, 0.717) is 5.41 Å². The Bertz CT molecular complexity index is 150. The molecule has 1 aliphatic rings. The minimum Gasteiger partial charge on any atom is -0.381 e. The monoisotopic (exact) mass is 199 g/mol. The van der Waals surface area contributed by atoms with Gasteiger partial charge < -0.3 is 10.1 Å². The van der Waals surface area contributed by atoms with Crippen LogP contribution < -0.4 is 5.32 Å². The summed E-state index contributed by atoms with van der Waals surface area (Å²) in [5.41, 5.74) is 0.430. The highest BCUT2D eigenvalue weighted by Crippen LogP contribution is 2.33. The van der Waals surface area contributed by atoms with Gasteiger partial charge in [0.25, 0.3) is 0 Å². The molecule has 0 aromatic carbocycles. The third-order valence-corrected chi connectivity index (χ3v) is 3.33. The van der Waals surface area contributed by atoms with Gasteiger partial charge in [-0.2, -0.15) is 0 Å². The number of hydrogen-bond donors (Lipinski definition) is 1. The smallest absolute Gasteiger partial charge is 0.0468 e. The molecule has 1 N–H and O–H groups in total. The molecule has 0 atom stereocenters. The minimum absolute atomic E-state index is 0.430. The molecule has 0 bridgehead atoms. The summed E-state index contributed by atoms with van der Waals surface area (Å²) in [6, 6.07) is 0. The Balaban J connectivity index is 2.29. The van der Waals surface area contributed by atoms with Crippen molar-refractivity contribution in [3.63, 3.8) is 0 Å². The Labute approximate surface area is 88.4 Å². The molecule has 0 radical (unpaired) electrons. The van der Waals surface area contributed by atoms with E-state index in [9.17, 15) is 0 Å². The second-order valence-electron chi connectivity index (χ2n) is 5.05. The predicted molar refractivity (Wildman–Crippen MR) is 60.5 cm³/mol. The lowest BCUT2D eigenvalue weighted by Crippen LogP contribution is -2.38. The van der Waals surface area contributed by atoms with Gasteiger partial charge in [0.1, 0.15) is 0 Å². The number of nitrogens with one attached hydrogen (secondary N) is 1. The summed E-state index contributed by atoms with van der Waals surface area (Å²) in [6.45, 7) is 11.2. The molecular weight excluding hydrogens is 174 g/mol. The molecule has 14 heavy (non-hydrogen) atoms. The van der Waals surface area contributed by atoms with Crippen molar-refractivity contribution in [1.29, 1.82) is 0 Å². The summed E-state index contributed by atoms with van der Waals surface area (Å²) >= 11 is 0. The Morgan fingerprint density at radius 3 is 2.50 bits per heavy atom. The average molecular weight is 199 g/mol. The van der Waals surface area contributed by atoms with Crippen molar-refractivity contribution in [3.05, 3.63) is 0 Å². The largest absolute Gasteiger partial charge is 0.381 e. The second kappa shape index (κ2) is 5.72. The lowest BCUT2D eigenvalue weighted by atomic mass is 9.74. The maximum atomic E-state index is 5.40. The molecule has 1 saturated heterocycles. The number of ether oxygens (including phenoxy) is 1. The van der Waals surface area contributed by atoms with E-state index in [2.05, 4.69) is 26.1 Å². The van der Waals surface area contributed by atoms with Crippen molar-refractivity contribution >= 4 is 0 Å². The standard InChI is InChI=1S/C12H25NO/c1-4-7-13-10-12(2,3)11-5-8-14-9-6-11/h11,13H,4-10H2,1-3H3. The normalized spacial score (nSPS) is 19.9. The summed E-state index contributed by atoms with van der Waals surface area (Å²) in [5, 5.41) is 3.53. The van der Waals surface area contributed by atoms with Gasteiger partial charge >= 0.3 is 0 Å². The second-order valence-corrected chi connectivity index (χ2v) is 5.05. The summed E-state index contributed by atoms with van der Waals surface area (Å²) < 4.78 is 5.40. The molecule has 0 amide bonds. The minimum atomic E-state index is 0.430. The zero-order chi connectivity index (χ0) is 10.4. The van der Waals surface area contributed by atoms with Crippen molar-refractivity contribution in [2.24, 2.45) is 11.3 Å². The van der Waals surface area contributed by atoms with Crippen molar-refractivity contribution in [2.75, 3.05) is 26.3 Å². The number of rotatable bonds is 5. The Hall–Kier alpha value is -0.0800. The summed E-state index contributed by atoms with van der Waals surface area (Å²) in [6.07, 6.45) is 3.70. The Morgan fingerprint density at radius 1 is 1.29 bits per heavy atom. The van der Waals surface area contributed by atoms with Crippen LogP contribution in [0.2, 0.25) is 0 Å². The van der Waals surface area contributed by atoms with Gasteiger partial charge in [-0.05, 0) is 37.1 Å². The van der Waals surface area contributed by atoms with E-state index in [1.165, 1.54) is 19.3 Å². The highest BCUT2D eigenvalue weighted by molar-refractivity contribution is 4.82. The molecule has 0 aliphatic carbocycles. The zero-order valence-corrected chi connectivity index (χ0v) is 9.94. The van der Waals surface area contributed by atoms with E-state index < -0.39 is 0 Å². The van der Waals surface area contributed by atoms with Crippen LogP contribution in [0.1, 0.15) is 40.0 Å². The fourth-order valence-electron chi connectivity index (χ4n) is 2.21. The lowest BCUT2D eigenvalue weighted by molar-refractivity contribution is 0.0229. The van der Waals surface area contributed by atoms with Gasteiger partial charge in [-0.1, -0.05) is 20.8 Å². The summed E-state index contributed by atoms with van der Waals surface area (Å²) in [4.78, 5) is 0. The van der Waals surface area contributed by atoms with Crippen LogP contribution in [0.25, 0.3) is 0 Å². The molecule has 0 spiro atoms. The molecule has 0 unspecified atom stereocenters. The van der Waals surface area contributed by atoms with Crippen molar-refractivity contribution in [2.45, 2.75) is 40.0 Å². The van der Waals surface area contributed by atoms with E-state index in [4.69, 9.17) is 4.74 Å². The zero-order valence-electron chi connectivity index (χ0n) is 9.94. The van der Waals surface area contributed by atoms with Crippen LogP contribution in [0.5, 0.6) is 0 Å². The predicted octanol–water partition coefficient (Wildman–Crippen LogP) is 2.44. The molecule has 2 heteroatoms. The molecule has 1 aliphatic heterocycles. The molecule has 0 aromatic rings. The van der Waals surface area contributed by atoms with Crippen LogP contribution in [-0.2, 0) is 4.74 Å². The van der Waals surface area contributed by atoms with Crippen LogP contribution >= 0.6 is 0 Å². The van der Waals surface area contributed by atoms with E-state index in [1.54, 1.807) is 0 Å². The average Bonchev–Trinajstić information content (AvgIpc) is 2.19. The molecule has 0 saturated carbocycles. The van der Waals surface area contributed by atoms with Crippen LogP contribution in [0, 0.1) is 11.3 Å². The molecule has 1 rings (SSSR count). The van der Waals surface area contributed by atoms with Gasteiger partial charge in [-0.25, -0.2) is 0 Å². The van der Waals surface area contributed by atoms with Gasteiger partial charge in [0, 0.05) is 19.8 Å². The van der Waals surface area contributed by atoms with Crippen molar-refractivity contribution in [3.8, 4) is 0 Å². The van der Waals surface area contributed by atoms with Gasteiger partial charge in [0.2, 0.25) is 0 Å². The van der Waals surface area contributed by atoms with Crippen LogP contribution in [0.3, 0.4) is 0 Å². The van der Waals surface area contributed by atoms with Gasteiger partial charge in [-0.15, -0.1) is 0 Å². The Morgan fingerprint density at radius 2 is 1.93 bits per heavy atom. The SMILES string of the molecule is CCCNCC(C)(C)C1CCOCC1. The van der Waals surface area contributed by atoms with Crippen LogP contribution in [-0.4, -0.2) is 26.3 Å². The molecule has 1 fully saturated rings. The van der Waals surface area contributed by atoms with Crippen molar-refractivity contribution < 1.29 is 4.74 Å². The first kappa shape index (κ1) is 12.0. The third-order valence-electron chi connectivity index (χ3n) is 3.33. The third kappa shape index (κ3) is 3.58. The first-order valence-electron chi connectivity index (χ1n) is 5.95. The molecule has 0 aromatic heterocycles. The maximum Gasteiger partial charge on any atom is 0.0468 e. The van der Waals surface area contributed by atoms with E-state index in [1.807, 2.05) is 0 Å². The van der Waals surface area contributed by atoms with Crippen LogP contribution in [0.4, 0.5) is 0 Å². The van der Waals surface area contributed by atoms with E-state index in [0.717, 1.165) is 32.2 Å². The first-order chi connectivity index (χ1) is 6.67. The molecular formula is C12H25NO. The molecule has 2 nitrogen and oxygen atoms in total. The summed E-state index contributed by atoms with van der Waals surface area (Å²) in [5.74, 6) is 0.834. The lowest BCUT2D eigenvalue weighted by Gasteiger charge is -2.37. The van der Waals surface area contributed by atoms with E-state index >= 15 is 0 Å². The van der Waals surface area contributed by atoms with Crippen molar-refractivity contribution in [1.82, 2.24) is 5.32 Å². The molecule has 1 heterocycles. The fourth-order valence-corrected chi connectivity index (χ4v) is 2.21. The number of hydrogen-bond acceptors (Lipinski definition) is 2. The Kier molecular flexibility index (Phi) is 4.90. The maximum absolute atomic E-state index is 5.40. The quantitative estimate of drug-likeness (QED) is 0.687. The highest BCUT2D eigenvalue weighted by Gasteiger charge is 2.30. The van der Waals surface area contributed by atoms with Gasteiger partial charge in [0.15, 0.2) is 0 Å². The fraction of sp³-hybridized carbons (Fsp3) is 1.00. The van der Waals surface area contributed by atoms with Crippen LogP contribution in [0.15, 0.2) is 0 Å². The van der Waals surface area contributed by atoms with E-state index in [-0.39, 0.29) is 0 Å². The van der Waals surface area contributed by atoms with Gasteiger partial charge in [0.05, 0.1) is 0 Å². The topological polar surface area (TPSA) is 21.3 Å². The first-order valence-corrected chi connectivity index (χ1v) is 5.95.